The highest BCUT2D eigenvalue weighted by atomic mass is 19.3. The van der Waals surface area contributed by atoms with Gasteiger partial charge in [0.15, 0.2) is 11.6 Å². The molecule has 0 aromatic heterocycles. The number of fused-ring (bicyclic) bond motifs is 3. The first-order chi connectivity index (χ1) is 17.5. The molecule has 0 aliphatic heterocycles. The van der Waals surface area contributed by atoms with Crippen LogP contribution in [0.5, 0.6) is 0 Å². The van der Waals surface area contributed by atoms with Gasteiger partial charge in [-0.25, -0.2) is 17.6 Å². The average Bonchev–Trinajstić information content (AvgIpc) is 2.85. The van der Waals surface area contributed by atoms with E-state index in [4.69, 9.17) is 0 Å². The standard InChI is InChI=1S/C29H24F8/c1-3-5-7-17-8-10-19(27(33)26(17)32)11-9-18-13-15-21-20-14-12-16(6-4-2)24(30)22(20)28(34,35)29(36,37)23(21)25(18)31/h3,8,10,12-15H,1,4-7,9,11H2,2H3. The van der Waals surface area contributed by atoms with E-state index < -0.39 is 57.4 Å². The molecule has 0 saturated carbocycles. The van der Waals surface area contributed by atoms with E-state index in [0.717, 1.165) is 18.2 Å². The first-order valence-electron chi connectivity index (χ1n) is 11.9. The number of allylic oxidation sites excluding steroid dienone is 1. The smallest absolute Gasteiger partial charge is 0.206 e. The van der Waals surface area contributed by atoms with Crippen LogP contribution in [0.15, 0.2) is 49.1 Å². The molecular formula is C29H24F8. The predicted octanol–water partition coefficient (Wildman–Crippen LogP) is 8.96. The summed E-state index contributed by atoms with van der Waals surface area (Å²) in [5.41, 5.74) is -4.47. The van der Waals surface area contributed by atoms with Gasteiger partial charge in [0.25, 0.3) is 0 Å². The summed E-state index contributed by atoms with van der Waals surface area (Å²) in [6.45, 7) is 5.21. The summed E-state index contributed by atoms with van der Waals surface area (Å²) in [6, 6.07) is 7.22. The molecule has 3 aromatic carbocycles. The van der Waals surface area contributed by atoms with Crippen molar-refractivity contribution in [3.05, 3.63) is 106 Å². The normalized spacial score (nSPS) is 15.3. The molecule has 0 heterocycles. The van der Waals surface area contributed by atoms with Crippen LogP contribution >= 0.6 is 0 Å². The molecule has 0 spiro atoms. The monoisotopic (exact) mass is 524 g/mol. The third kappa shape index (κ3) is 4.34. The molecule has 8 heteroatoms. The number of hydrogen-bond donors (Lipinski definition) is 0. The second kappa shape index (κ2) is 9.95. The molecule has 0 unspecified atom stereocenters. The van der Waals surface area contributed by atoms with Gasteiger partial charge in [0.1, 0.15) is 11.6 Å². The molecule has 0 nitrogen and oxygen atoms in total. The zero-order valence-electron chi connectivity index (χ0n) is 20.0. The summed E-state index contributed by atoms with van der Waals surface area (Å²) in [6.07, 6.45) is 2.11. The fraction of sp³-hybridized carbons (Fsp3) is 0.310. The lowest BCUT2D eigenvalue weighted by atomic mass is 9.78. The van der Waals surface area contributed by atoms with Gasteiger partial charge in [-0.05, 0) is 65.5 Å². The summed E-state index contributed by atoms with van der Waals surface area (Å²) in [5, 5.41) is 0. The van der Waals surface area contributed by atoms with Crippen LogP contribution in [0.3, 0.4) is 0 Å². The van der Waals surface area contributed by atoms with Gasteiger partial charge in [0.2, 0.25) is 0 Å². The Labute approximate surface area is 209 Å². The Morgan fingerprint density at radius 1 is 0.595 bits per heavy atom. The minimum atomic E-state index is -5.04. The highest BCUT2D eigenvalue weighted by Gasteiger charge is 2.65. The Morgan fingerprint density at radius 3 is 1.41 bits per heavy atom. The van der Waals surface area contributed by atoms with Crippen molar-refractivity contribution in [1.82, 2.24) is 0 Å². The maximum atomic E-state index is 15.4. The number of benzene rings is 3. The van der Waals surface area contributed by atoms with E-state index in [1.54, 1.807) is 13.0 Å². The highest BCUT2D eigenvalue weighted by molar-refractivity contribution is 5.77. The number of hydrogen-bond acceptors (Lipinski definition) is 0. The lowest BCUT2D eigenvalue weighted by molar-refractivity contribution is -0.227. The van der Waals surface area contributed by atoms with Gasteiger partial charge in [0.05, 0.1) is 11.1 Å². The molecule has 0 bridgehead atoms. The molecule has 0 N–H and O–H groups in total. The molecule has 3 aromatic rings. The number of halogens is 8. The average molecular weight is 524 g/mol. The van der Waals surface area contributed by atoms with Crippen molar-refractivity contribution in [3.63, 3.8) is 0 Å². The van der Waals surface area contributed by atoms with E-state index in [9.17, 15) is 13.2 Å². The molecule has 1 aliphatic rings. The summed E-state index contributed by atoms with van der Waals surface area (Å²) in [4.78, 5) is 0. The van der Waals surface area contributed by atoms with Gasteiger partial charge >= 0.3 is 11.8 Å². The number of rotatable bonds is 8. The lowest BCUT2D eigenvalue weighted by Crippen LogP contribution is -2.41. The van der Waals surface area contributed by atoms with Crippen LogP contribution in [0.25, 0.3) is 11.1 Å². The van der Waals surface area contributed by atoms with E-state index >= 15 is 22.0 Å². The van der Waals surface area contributed by atoms with Crippen molar-refractivity contribution in [3.8, 4) is 11.1 Å². The van der Waals surface area contributed by atoms with Crippen molar-refractivity contribution in [1.29, 1.82) is 0 Å². The van der Waals surface area contributed by atoms with Crippen LogP contribution in [-0.2, 0) is 37.5 Å². The largest absolute Gasteiger partial charge is 0.343 e. The van der Waals surface area contributed by atoms with Crippen molar-refractivity contribution >= 4 is 0 Å². The third-order valence-electron chi connectivity index (χ3n) is 6.80. The van der Waals surface area contributed by atoms with E-state index in [-0.39, 0.29) is 47.9 Å². The topological polar surface area (TPSA) is 0 Å². The first kappa shape index (κ1) is 26.9. The molecule has 196 valence electrons. The Kier molecular flexibility index (Phi) is 7.23. The SMILES string of the molecule is C=CCCc1ccc(CCc2ccc3c(c2F)C(F)(F)C(F)(F)c2c-3ccc(CCC)c2F)c(F)c1F. The van der Waals surface area contributed by atoms with Gasteiger partial charge in [0, 0.05) is 0 Å². The lowest BCUT2D eigenvalue weighted by Gasteiger charge is -2.36. The van der Waals surface area contributed by atoms with E-state index in [0.29, 0.717) is 12.8 Å². The minimum absolute atomic E-state index is 0.0767. The number of aryl methyl sites for hydroxylation is 4. The second-order valence-electron chi connectivity index (χ2n) is 9.16. The van der Waals surface area contributed by atoms with E-state index in [1.807, 2.05) is 0 Å². The molecule has 1 aliphatic carbocycles. The van der Waals surface area contributed by atoms with Gasteiger partial charge in [-0.15, -0.1) is 6.58 Å². The Balaban J connectivity index is 1.74. The quantitative estimate of drug-likeness (QED) is 0.204. The Morgan fingerprint density at radius 2 is 0.973 bits per heavy atom. The predicted molar refractivity (Wildman–Crippen MR) is 126 cm³/mol. The molecule has 0 radical (unpaired) electrons. The maximum Gasteiger partial charge on any atom is 0.343 e. The van der Waals surface area contributed by atoms with Crippen LogP contribution in [0.1, 0.15) is 53.1 Å². The van der Waals surface area contributed by atoms with Crippen molar-refractivity contribution in [2.45, 2.75) is 57.3 Å². The summed E-state index contributed by atoms with van der Waals surface area (Å²) in [5.74, 6) is -15.2. The van der Waals surface area contributed by atoms with Crippen molar-refractivity contribution in [2.75, 3.05) is 0 Å². The molecule has 4 rings (SSSR count). The highest BCUT2D eigenvalue weighted by Crippen LogP contribution is 2.59. The van der Waals surface area contributed by atoms with Gasteiger partial charge in [-0.2, -0.15) is 17.6 Å². The minimum Gasteiger partial charge on any atom is -0.206 e. The Bertz CT molecular complexity index is 1360. The summed E-state index contributed by atoms with van der Waals surface area (Å²) in [7, 11) is 0. The summed E-state index contributed by atoms with van der Waals surface area (Å²) < 4.78 is 120. The molecule has 0 saturated heterocycles. The fourth-order valence-electron chi connectivity index (χ4n) is 4.81. The van der Waals surface area contributed by atoms with Gasteiger partial charge < -0.3 is 0 Å². The van der Waals surface area contributed by atoms with Crippen LogP contribution in [0, 0.1) is 23.3 Å². The van der Waals surface area contributed by atoms with E-state index in [1.165, 1.54) is 18.2 Å². The van der Waals surface area contributed by atoms with Gasteiger partial charge in [-0.1, -0.05) is 55.8 Å². The molecule has 0 atom stereocenters. The van der Waals surface area contributed by atoms with Crippen LogP contribution in [0.2, 0.25) is 0 Å². The van der Waals surface area contributed by atoms with Crippen LogP contribution < -0.4 is 0 Å². The molecular weight excluding hydrogens is 500 g/mol. The summed E-state index contributed by atoms with van der Waals surface area (Å²) >= 11 is 0. The number of alkyl halides is 4. The van der Waals surface area contributed by atoms with Crippen molar-refractivity contribution in [2.24, 2.45) is 0 Å². The molecule has 37 heavy (non-hydrogen) atoms. The Hall–Kier alpha value is -3.16. The molecule has 0 fully saturated rings. The zero-order chi connectivity index (χ0) is 27.1. The second-order valence-corrected chi connectivity index (χ2v) is 9.16. The first-order valence-corrected chi connectivity index (χ1v) is 11.9. The zero-order valence-corrected chi connectivity index (χ0v) is 20.0. The maximum absolute atomic E-state index is 15.4. The fourth-order valence-corrected chi connectivity index (χ4v) is 4.81. The van der Waals surface area contributed by atoms with Crippen LogP contribution in [-0.4, -0.2) is 0 Å². The van der Waals surface area contributed by atoms with Gasteiger partial charge in [-0.3, -0.25) is 0 Å². The third-order valence-corrected chi connectivity index (χ3v) is 6.80. The van der Waals surface area contributed by atoms with E-state index in [2.05, 4.69) is 6.58 Å². The van der Waals surface area contributed by atoms with Crippen LogP contribution in [0.4, 0.5) is 35.1 Å². The molecule has 0 amide bonds. The van der Waals surface area contributed by atoms with Crippen molar-refractivity contribution < 1.29 is 35.1 Å².